The molecule has 1 aromatic rings. The van der Waals surface area contributed by atoms with Crippen LogP contribution >= 0.6 is 0 Å². The Bertz CT molecular complexity index is 521. The summed E-state index contributed by atoms with van der Waals surface area (Å²) in [4.78, 5) is 18.4. The molecule has 0 radical (unpaired) electrons. The van der Waals surface area contributed by atoms with Crippen molar-refractivity contribution in [3.05, 3.63) is 23.4 Å². The molecule has 2 rings (SSSR count). The van der Waals surface area contributed by atoms with Gasteiger partial charge in [0.05, 0.1) is 13.1 Å². The first-order valence-corrected chi connectivity index (χ1v) is 7.37. The molecular weight excluding hydrogens is 268 g/mol. The average molecular weight is 292 g/mol. The van der Waals surface area contributed by atoms with Crippen molar-refractivity contribution in [1.82, 2.24) is 9.88 Å². The molecule has 0 bridgehead atoms. The zero-order valence-corrected chi connectivity index (χ0v) is 13.5. The number of fused-ring (bicyclic) bond motifs is 1. The standard InChI is InChI=1S/C16H24N2O3/c1-11(2)13-7-6-12-10-18(8-9-20-14(12)17-13)15(19)21-16(3,4)5/h6-7,11H,8-10H2,1-5H3. The fraction of sp³-hybridized carbons (Fsp3) is 0.625. The van der Waals surface area contributed by atoms with Crippen LogP contribution in [0.25, 0.3) is 0 Å². The van der Waals surface area contributed by atoms with E-state index in [1.807, 2.05) is 32.9 Å². The van der Waals surface area contributed by atoms with E-state index in [1.165, 1.54) is 0 Å². The molecule has 2 heterocycles. The van der Waals surface area contributed by atoms with Gasteiger partial charge in [0, 0.05) is 11.3 Å². The van der Waals surface area contributed by atoms with Crippen molar-refractivity contribution in [2.24, 2.45) is 0 Å². The molecule has 116 valence electrons. The van der Waals surface area contributed by atoms with Crippen LogP contribution in [-0.2, 0) is 11.3 Å². The van der Waals surface area contributed by atoms with E-state index >= 15 is 0 Å². The normalized spacial score (nSPS) is 15.2. The molecule has 5 nitrogen and oxygen atoms in total. The van der Waals surface area contributed by atoms with Gasteiger partial charge in [0.25, 0.3) is 0 Å². The fourth-order valence-corrected chi connectivity index (χ4v) is 2.07. The number of carbonyl (C=O) groups excluding carboxylic acids is 1. The predicted octanol–water partition coefficient (Wildman–Crippen LogP) is 3.33. The van der Waals surface area contributed by atoms with Gasteiger partial charge in [-0.05, 0) is 32.8 Å². The van der Waals surface area contributed by atoms with Crippen LogP contribution in [0.1, 0.15) is 51.8 Å². The number of hydrogen-bond acceptors (Lipinski definition) is 4. The van der Waals surface area contributed by atoms with Crippen LogP contribution in [0.2, 0.25) is 0 Å². The van der Waals surface area contributed by atoms with E-state index < -0.39 is 5.60 Å². The first kappa shape index (κ1) is 15.6. The van der Waals surface area contributed by atoms with Gasteiger partial charge in [-0.25, -0.2) is 9.78 Å². The van der Waals surface area contributed by atoms with E-state index in [1.54, 1.807) is 4.90 Å². The summed E-state index contributed by atoms with van der Waals surface area (Å²) in [5.74, 6) is 0.983. The Hall–Kier alpha value is -1.78. The Kier molecular flexibility index (Phi) is 4.40. The minimum absolute atomic E-state index is 0.313. The van der Waals surface area contributed by atoms with E-state index in [4.69, 9.17) is 9.47 Å². The molecule has 0 saturated heterocycles. The zero-order valence-electron chi connectivity index (χ0n) is 13.5. The van der Waals surface area contributed by atoms with E-state index in [-0.39, 0.29) is 6.09 Å². The van der Waals surface area contributed by atoms with Gasteiger partial charge in [0.15, 0.2) is 0 Å². The highest BCUT2D eigenvalue weighted by Crippen LogP contribution is 2.24. The maximum Gasteiger partial charge on any atom is 0.410 e. The Labute approximate surface area is 126 Å². The molecule has 0 spiro atoms. The van der Waals surface area contributed by atoms with Gasteiger partial charge in [-0.15, -0.1) is 0 Å². The molecule has 5 heteroatoms. The lowest BCUT2D eigenvalue weighted by Gasteiger charge is -2.26. The number of pyridine rings is 1. The second-order valence-electron chi connectivity index (χ2n) is 6.61. The van der Waals surface area contributed by atoms with Crippen molar-refractivity contribution < 1.29 is 14.3 Å². The molecule has 21 heavy (non-hydrogen) atoms. The minimum atomic E-state index is -0.493. The number of aromatic nitrogens is 1. The van der Waals surface area contributed by atoms with Crippen molar-refractivity contribution in [1.29, 1.82) is 0 Å². The van der Waals surface area contributed by atoms with Crippen molar-refractivity contribution in [3.63, 3.8) is 0 Å². The topological polar surface area (TPSA) is 51.7 Å². The van der Waals surface area contributed by atoms with Gasteiger partial charge in [-0.3, -0.25) is 0 Å². The lowest BCUT2D eigenvalue weighted by molar-refractivity contribution is 0.0225. The lowest BCUT2D eigenvalue weighted by Crippen LogP contribution is -2.37. The number of rotatable bonds is 1. The summed E-state index contributed by atoms with van der Waals surface area (Å²) in [6.07, 6.45) is -0.313. The van der Waals surface area contributed by atoms with Crippen molar-refractivity contribution in [2.75, 3.05) is 13.2 Å². The third-order valence-corrected chi connectivity index (χ3v) is 3.17. The summed E-state index contributed by atoms with van der Waals surface area (Å²) in [7, 11) is 0. The first-order valence-electron chi connectivity index (χ1n) is 7.37. The van der Waals surface area contributed by atoms with E-state index in [0.29, 0.717) is 31.5 Å². The van der Waals surface area contributed by atoms with Crippen LogP contribution in [-0.4, -0.2) is 34.7 Å². The number of ether oxygens (including phenoxy) is 2. The second-order valence-corrected chi connectivity index (χ2v) is 6.61. The van der Waals surface area contributed by atoms with Gasteiger partial charge in [-0.2, -0.15) is 0 Å². The fourth-order valence-electron chi connectivity index (χ4n) is 2.07. The summed E-state index contributed by atoms with van der Waals surface area (Å²) in [5, 5.41) is 0. The largest absolute Gasteiger partial charge is 0.476 e. The van der Waals surface area contributed by atoms with Gasteiger partial charge >= 0.3 is 6.09 Å². The van der Waals surface area contributed by atoms with Crippen molar-refractivity contribution >= 4 is 6.09 Å². The van der Waals surface area contributed by atoms with E-state index in [9.17, 15) is 4.79 Å². The van der Waals surface area contributed by atoms with Crippen molar-refractivity contribution in [3.8, 4) is 5.88 Å². The predicted molar refractivity (Wildman–Crippen MR) is 80.5 cm³/mol. The maximum atomic E-state index is 12.2. The van der Waals surface area contributed by atoms with Crippen molar-refractivity contribution in [2.45, 2.75) is 52.7 Å². The highest BCUT2D eigenvalue weighted by molar-refractivity contribution is 5.68. The van der Waals surface area contributed by atoms with E-state index in [2.05, 4.69) is 18.8 Å². The third kappa shape index (κ3) is 4.09. The number of carbonyl (C=O) groups is 1. The minimum Gasteiger partial charge on any atom is -0.476 e. The molecule has 1 aromatic heterocycles. The zero-order chi connectivity index (χ0) is 15.6. The van der Waals surface area contributed by atoms with Crippen LogP contribution in [0.3, 0.4) is 0 Å². The number of amides is 1. The van der Waals surface area contributed by atoms with Gasteiger partial charge in [-0.1, -0.05) is 19.9 Å². The smallest absolute Gasteiger partial charge is 0.410 e. The Morgan fingerprint density at radius 2 is 2.10 bits per heavy atom. The third-order valence-electron chi connectivity index (χ3n) is 3.17. The molecule has 0 saturated carbocycles. The van der Waals surface area contributed by atoms with E-state index in [0.717, 1.165) is 11.3 Å². The summed E-state index contributed by atoms with van der Waals surface area (Å²) < 4.78 is 11.1. The van der Waals surface area contributed by atoms with Gasteiger partial charge < -0.3 is 14.4 Å². The highest BCUT2D eigenvalue weighted by Gasteiger charge is 2.25. The van der Waals surface area contributed by atoms with Crippen LogP contribution in [0.4, 0.5) is 4.79 Å². The molecule has 0 aromatic carbocycles. The van der Waals surface area contributed by atoms with Crippen LogP contribution < -0.4 is 4.74 Å². The molecule has 0 aliphatic carbocycles. The van der Waals surface area contributed by atoms with Crippen LogP contribution in [0.15, 0.2) is 12.1 Å². The molecule has 1 aliphatic rings. The lowest BCUT2D eigenvalue weighted by atomic mass is 10.1. The molecule has 1 aliphatic heterocycles. The van der Waals surface area contributed by atoms with Gasteiger partial charge in [0.2, 0.25) is 5.88 Å². The summed E-state index contributed by atoms with van der Waals surface area (Å²) in [6.45, 7) is 11.2. The van der Waals surface area contributed by atoms with Crippen LogP contribution in [0.5, 0.6) is 5.88 Å². The maximum absolute atomic E-state index is 12.2. The first-order chi connectivity index (χ1) is 9.76. The van der Waals surface area contributed by atoms with Crippen LogP contribution in [0, 0.1) is 0 Å². The Morgan fingerprint density at radius 3 is 2.71 bits per heavy atom. The summed E-state index contributed by atoms with van der Waals surface area (Å²) >= 11 is 0. The SMILES string of the molecule is CC(C)c1ccc2c(n1)OCCN(C(=O)OC(C)(C)C)C2. The molecule has 0 unspecified atom stereocenters. The molecular formula is C16H24N2O3. The quantitative estimate of drug-likeness (QED) is 0.796. The second kappa shape index (κ2) is 5.92. The Balaban J connectivity index is 2.16. The average Bonchev–Trinajstić information content (AvgIpc) is 2.57. The summed E-state index contributed by atoms with van der Waals surface area (Å²) in [6, 6.07) is 3.98. The molecule has 1 amide bonds. The summed E-state index contributed by atoms with van der Waals surface area (Å²) in [5.41, 5.74) is 1.43. The Morgan fingerprint density at radius 1 is 1.38 bits per heavy atom. The van der Waals surface area contributed by atoms with Gasteiger partial charge in [0.1, 0.15) is 12.2 Å². The number of nitrogens with zero attached hydrogens (tertiary/aromatic N) is 2. The molecule has 0 fully saturated rings. The highest BCUT2D eigenvalue weighted by atomic mass is 16.6. The number of hydrogen-bond donors (Lipinski definition) is 0. The molecule has 0 atom stereocenters. The monoisotopic (exact) mass is 292 g/mol. The molecule has 0 N–H and O–H groups in total.